The highest BCUT2D eigenvalue weighted by Gasteiger charge is 2.53. The molecule has 1 N–H and O–H groups in total. The van der Waals surface area contributed by atoms with Crippen LogP contribution in [-0.4, -0.2) is 18.7 Å². The molecule has 2 nitrogen and oxygen atoms in total. The van der Waals surface area contributed by atoms with Crippen LogP contribution >= 0.6 is 23.2 Å². The highest BCUT2D eigenvalue weighted by Crippen LogP contribution is 2.49. The molecule has 0 radical (unpaired) electrons. The topological polar surface area (TPSA) is 21.3 Å². The zero-order chi connectivity index (χ0) is 14.8. The predicted octanol–water partition coefficient (Wildman–Crippen LogP) is 4.93. The number of halogens is 2. The van der Waals surface area contributed by atoms with E-state index in [-0.39, 0.29) is 11.5 Å². The van der Waals surface area contributed by atoms with Gasteiger partial charge in [0, 0.05) is 22.9 Å². The van der Waals surface area contributed by atoms with E-state index in [0.29, 0.717) is 16.1 Å². The molecule has 0 bridgehead atoms. The van der Waals surface area contributed by atoms with Gasteiger partial charge in [-0.15, -0.1) is 0 Å². The van der Waals surface area contributed by atoms with Gasteiger partial charge in [0.25, 0.3) is 0 Å². The second-order valence-corrected chi connectivity index (χ2v) is 6.31. The van der Waals surface area contributed by atoms with E-state index >= 15 is 0 Å². The molecule has 2 atom stereocenters. The Morgan fingerprint density at radius 2 is 1.95 bits per heavy atom. The van der Waals surface area contributed by atoms with Crippen LogP contribution in [0.15, 0.2) is 18.2 Å². The molecule has 1 aliphatic carbocycles. The summed E-state index contributed by atoms with van der Waals surface area (Å²) in [4.78, 5) is 0. The van der Waals surface area contributed by atoms with Crippen molar-refractivity contribution in [1.82, 2.24) is 5.32 Å². The lowest BCUT2D eigenvalue weighted by molar-refractivity contribution is -0.0853. The van der Waals surface area contributed by atoms with Gasteiger partial charge in [0.15, 0.2) is 0 Å². The fourth-order valence-corrected chi connectivity index (χ4v) is 3.82. The van der Waals surface area contributed by atoms with E-state index in [9.17, 15) is 0 Å². The van der Waals surface area contributed by atoms with Gasteiger partial charge in [-0.3, -0.25) is 0 Å². The van der Waals surface area contributed by atoms with Crippen LogP contribution in [0.5, 0.6) is 5.75 Å². The van der Waals surface area contributed by atoms with Gasteiger partial charge in [-0.25, -0.2) is 0 Å². The quantitative estimate of drug-likeness (QED) is 0.803. The molecule has 1 aromatic carbocycles. The smallest absolute Gasteiger partial charge is 0.138 e. The van der Waals surface area contributed by atoms with E-state index < -0.39 is 0 Å². The van der Waals surface area contributed by atoms with Crippen molar-refractivity contribution in [3.63, 3.8) is 0 Å². The largest absolute Gasteiger partial charge is 0.488 e. The SMILES string of the molecule is CCNC1CC(Oc2ccc(Cl)cc2Cl)C1(CC)CC. The molecule has 1 saturated carbocycles. The number of ether oxygens (including phenoxy) is 1. The monoisotopic (exact) mass is 315 g/mol. The molecule has 0 amide bonds. The van der Waals surface area contributed by atoms with Gasteiger partial charge in [0.2, 0.25) is 0 Å². The van der Waals surface area contributed by atoms with Crippen molar-refractivity contribution in [3.8, 4) is 5.75 Å². The van der Waals surface area contributed by atoms with Crippen molar-refractivity contribution in [2.45, 2.75) is 52.2 Å². The highest BCUT2D eigenvalue weighted by molar-refractivity contribution is 6.35. The minimum Gasteiger partial charge on any atom is -0.488 e. The average Bonchev–Trinajstić information content (AvgIpc) is 2.41. The molecule has 0 aliphatic heterocycles. The third-order valence-electron chi connectivity index (χ3n) is 4.72. The summed E-state index contributed by atoms with van der Waals surface area (Å²) in [7, 11) is 0. The Bertz CT molecular complexity index is 460. The first-order valence-corrected chi connectivity index (χ1v) is 8.18. The lowest BCUT2D eigenvalue weighted by Crippen LogP contribution is -2.64. The Balaban J connectivity index is 2.13. The van der Waals surface area contributed by atoms with Crippen LogP contribution in [0.2, 0.25) is 10.0 Å². The van der Waals surface area contributed by atoms with Crippen LogP contribution in [0.1, 0.15) is 40.0 Å². The molecule has 2 unspecified atom stereocenters. The summed E-state index contributed by atoms with van der Waals surface area (Å²) in [5, 5.41) is 4.81. The molecule has 1 aliphatic rings. The maximum absolute atomic E-state index is 6.21. The van der Waals surface area contributed by atoms with Crippen molar-refractivity contribution in [2.75, 3.05) is 6.54 Å². The van der Waals surface area contributed by atoms with Crippen LogP contribution in [0.4, 0.5) is 0 Å². The average molecular weight is 316 g/mol. The second-order valence-electron chi connectivity index (χ2n) is 5.47. The fourth-order valence-electron chi connectivity index (χ4n) is 3.37. The van der Waals surface area contributed by atoms with Crippen molar-refractivity contribution in [2.24, 2.45) is 5.41 Å². The number of hydrogen-bond donors (Lipinski definition) is 1. The van der Waals surface area contributed by atoms with Gasteiger partial charge in [-0.2, -0.15) is 0 Å². The fraction of sp³-hybridized carbons (Fsp3) is 0.625. The minimum absolute atomic E-state index is 0.207. The number of rotatable bonds is 6. The Morgan fingerprint density at radius 1 is 1.25 bits per heavy atom. The zero-order valence-corrected chi connectivity index (χ0v) is 13.9. The highest BCUT2D eigenvalue weighted by atomic mass is 35.5. The Labute approximate surface area is 131 Å². The molecule has 112 valence electrons. The lowest BCUT2D eigenvalue weighted by Gasteiger charge is -2.55. The minimum atomic E-state index is 0.207. The van der Waals surface area contributed by atoms with Gasteiger partial charge < -0.3 is 10.1 Å². The molecule has 20 heavy (non-hydrogen) atoms. The summed E-state index contributed by atoms with van der Waals surface area (Å²) in [5.74, 6) is 0.738. The van der Waals surface area contributed by atoms with Crippen molar-refractivity contribution >= 4 is 23.2 Å². The molecule has 0 saturated heterocycles. The van der Waals surface area contributed by atoms with E-state index in [2.05, 4.69) is 26.1 Å². The first kappa shape index (κ1) is 15.9. The molecule has 0 aromatic heterocycles. The molecule has 1 aromatic rings. The Kier molecular flexibility index (Phi) is 5.22. The standard InChI is InChI=1S/C16H23Cl2NO/c1-4-16(5-2)14(19-6-3)10-15(16)20-13-8-7-11(17)9-12(13)18/h7-9,14-15,19H,4-6,10H2,1-3H3. The van der Waals surface area contributed by atoms with Crippen molar-refractivity contribution < 1.29 is 4.74 Å². The molecule has 2 rings (SSSR count). The maximum Gasteiger partial charge on any atom is 0.138 e. The van der Waals surface area contributed by atoms with Crippen LogP contribution in [0, 0.1) is 5.41 Å². The van der Waals surface area contributed by atoms with Crippen LogP contribution in [0.3, 0.4) is 0 Å². The summed E-state index contributed by atoms with van der Waals surface area (Å²) in [6.07, 6.45) is 3.47. The van der Waals surface area contributed by atoms with E-state index in [0.717, 1.165) is 31.6 Å². The number of nitrogens with one attached hydrogen (secondary N) is 1. The van der Waals surface area contributed by atoms with E-state index in [4.69, 9.17) is 27.9 Å². The van der Waals surface area contributed by atoms with Crippen LogP contribution in [0.25, 0.3) is 0 Å². The first-order chi connectivity index (χ1) is 9.57. The molecule has 4 heteroatoms. The summed E-state index contributed by atoms with van der Waals surface area (Å²) in [5.41, 5.74) is 0.207. The number of hydrogen-bond acceptors (Lipinski definition) is 2. The van der Waals surface area contributed by atoms with Gasteiger partial charge in [-0.1, -0.05) is 44.0 Å². The molecule has 0 spiro atoms. The zero-order valence-electron chi connectivity index (χ0n) is 12.4. The molecular formula is C16H23Cl2NO. The third kappa shape index (κ3) is 2.79. The first-order valence-electron chi connectivity index (χ1n) is 7.42. The Morgan fingerprint density at radius 3 is 2.50 bits per heavy atom. The normalized spacial score (nSPS) is 24.2. The molecular weight excluding hydrogens is 293 g/mol. The molecule has 0 heterocycles. The van der Waals surface area contributed by atoms with Crippen LogP contribution in [-0.2, 0) is 0 Å². The predicted molar refractivity (Wildman–Crippen MR) is 86.0 cm³/mol. The van der Waals surface area contributed by atoms with Gasteiger partial charge in [0.1, 0.15) is 11.9 Å². The second kappa shape index (κ2) is 6.55. The maximum atomic E-state index is 6.21. The summed E-state index contributed by atoms with van der Waals surface area (Å²) >= 11 is 12.1. The summed E-state index contributed by atoms with van der Waals surface area (Å²) < 4.78 is 6.18. The van der Waals surface area contributed by atoms with Gasteiger partial charge in [0.05, 0.1) is 5.02 Å². The lowest BCUT2D eigenvalue weighted by atomic mass is 9.58. The third-order valence-corrected chi connectivity index (χ3v) is 5.25. The van der Waals surface area contributed by atoms with Crippen LogP contribution < -0.4 is 10.1 Å². The van der Waals surface area contributed by atoms with Crippen molar-refractivity contribution in [3.05, 3.63) is 28.2 Å². The molecule has 1 fully saturated rings. The van der Waals surface area contributed by atoms with E-state index in [1.165, 1.54) is 0 Å². The van der Waals surface area contributed by atoms with Crippen molar-refractivity contribution in [1.29, 1.82) is 0 Å². The summed E-state index contributed by atoms with van der Waals surface area (Å²) in [6.45, 7) is 7.64. The number of benzene rings is 1. The van der Waals surface area contributed by atoms with Gasteiger partial charge >= 0.3 is 0 Å². The summed E-state index contributed by atoms with van der Waals surface area (Å²) in [6, 6.07) is 5.96. The van der Waals surface area contributed by atoms with E-state index in [1.54, 1.807) is 6.07 Å². The van der Waals surface area contributed by atoms with E-state index in [1.807, 2.05) is 12.1 Å². The van der Waals surface area contributed by atoms with Gasteiger partial charge in [-0.05, 0) is 37.6 Å². The Hall–Kier alpha value is -0.440.